The van der Waals surface area contributed by atoms with Crippen molar-refractivity contribution in [1.29, 1.82) is 0 Å². The number of ether oxygens (including phenoxy) is 1. The molecule has 2 rings (SSSR count). The van der Waals surface area contributed by atoms with E-state index in [1.807, 2.05) is 0 Å². The van der Waals surface area contributed by atoms with Gasteiger partial charge in [0.25, 0.3) is 0 Å². The Labute approximate surface area is 168 Å². The lowest BCUT2D eigenvalue weighted by atomic mass is 9.75. The summed E-state index contributed by atoms with van der Waals surface area (Å²) < 4.78 is 5.50. The second-order valence-corrected chi connectivity index (χ2v) is 6.73. The molecule has 0 heterocycles. The predicted molar refractivity (Wildman–Crippen MR) is 107 cm³/mol. The highest BCUT2D eigenvalue weighted by Crippen LogP contribution is 2.16. The van der Waals surface area contributed by atoms with E-state index in [0.29, 0.717) is 16.9 Å². The Morgan fingerprint density at radius 2 is 1.79 bits per heavy atom. The minimum atomic E-state index is -1.81. The summed E-state index contributed by atoms with van der Waals surface area (Å²) in [5.74, 6) is -2.00. The fourth-order valence-electron chi connectivity index (χ4n) is 2.76. The van der Waals surface area contributed by atoms with Gasteiger partial charge >= 0.3 is 13.1 Å². The molecule has 29 heavy (non-hydrogen) atoms. The minimum absolute atomic E-state index is 0.0108. The molecule has 0 aliphatic rings. The largest absolute Gasteiger partial charge is 0.488 e. The second-order valence-electron chi connectivity index (χ2n) is 6.73. The van der Waals surface area contributed by atoms with Gasteiger partial charge in [-0.2, -0.15) is 0 Å². The van der Waals surface area contributed by atoms with Crippen molar-refractivity contribution >= 4 is 19.0 Å². The molecule has 2 aromatic carbocycles. The van der Waals surface area contributed by atoms with Crippen molar-refractivity contribution in [3.05, 3.63) is 65.2 Å². The first-order chi connectivity index (χ1) is 13.8. The Kier molecular flexibility index (Phi) is 8.20. The molecule has 8 nitrogen and oxygen atoms in total. The van der Waals surface area contributed by atoms with Crippen LogP contribution in [0.15, 0.2) is 48.5 Å². The van der Waals surface area contributed by atoms with Gasteiger partial charge in [-0.1, -0.05) is 24.3 Å². The van der Waals surface area contributed by atoms with Gasteiger partial charge in [0.1, 0.15) is 11.9 Å². The zero-order valence-electron chi connectivity index (χ0n) is 16.0. The van der Waals surface area contributed by atoms with E-state index in [-0.39, 0.29) is 31.1 Å². The molecule has 0 aliphatic heterocycles. The fraction of sp³-hybridized carbons (Fsp3) is 0.300. The normalized spacial score (nSPS) is 12.7. The average molecular weight is 401 g/mol. The zero-order valence-corrected chi connectivity index (χ0v) is 16.0. The first-order valence-electron chi connectivity index (χ1n) is 9.12. The molecule has 0 spiro atoms. The third kappa shape index (κ3) is 7.22. The van der Waals surface area contributed by atoms with E-state index in [9.17, 15) is 19.6 Å². The lowest BCUT2D eigenvalue weighted by Crippen LogP contribution is -2.48. The molecule has 0 saturated heterocycles. The quantitative estimate of drug-likeness (QED) is 0.364. The molecule has 0 radical (unpaired) electrons. The van der Waals surface area contributed by atoms with Gasteiger partial charge in [0.2, 0.25) is 5.91 Å². The van der Waals surface area contributed by atoms with Crippen LogP contribution in [0.4, 0.5) is 0 Å². The van der Waals surface area contributed by atoms with Crippen molar-refractivity contribution < 1.29 is 34.6 Å². The van der Waals surface area contributed by atoms with Crippen LogP contribution < -0.4 is 10.1 Å². The second kappa shape index (κ2) is 10.6. The number of hydrogen-bond donors (Lipinski definition) is 5. The number of amides is 1. The molecule has 1 amide bonds. The number of aromatic carboxylic acids is 1. The summed E-state index contributed by atoms with van der Waals surface area (Å²) in [4.78, 5) is 23.4. The van der Waals surface area contributed by atoms with E-state index in [1.165, 1.54) is 12.1 Å². The summed E-state index contributed by atoms with van der Waals surface area (Å²) in [5, 5.41) is 39.9. The lowest BCUT2D eigenvalue weighted by Gasteiger charge is -2.18. The molecule has 0 aliphatic carbocycles. The molecule has 5 N–H and O–H groups in total. The molecule has 0 aromatic heterocycles. The molecule has 154 valence electrons. The molecule has 2 aromatic rings. The number of hydrogen-bond acceptors (Lipinski definition) is 6. The van der Waals surface area contributed by atoms with E-state index in [2.05, 4.69) is 5.32 Å². The van der Waals surface area contributed by atoms with Gasteiger partial charge in [-0.15, -0.1) is 0 Å². The van der Waals surface area contributed by atoms with Crippen LogP contribution in [-0.2, 0) is 17.6 Å². The van der Waals surface area contributed by atoms with E-state index >= 15 is 0 Å². The maximum absolute atomic E-state index is 12.4. The van der Waals surface area contributed by atoms with Crippen molar-refractivity contribution in [2.45, 2.75) is 31.8 Å². The molecule has 0 saturated carbocycles. The highest BCUT2D eigenvalue weighted by Gasteiger charge is 2.26. The van der Waals surface area contributed by atoms with Crippen molar-refractivity contribution in [1.82, 2.24) is 5.32 Å². The van der Waals surface area contributed by atoms with Gasteiger partial charge in [-0.05, 0) is 48.7 Å². The van der Waals surface area contributed by atoms with E-state index in [1.54, 1.807) is 43.3 Å². The summed E-state index contributed by atoms with van der Waals surface area (Å²) >= 11 is 0. The van der Waals surface area contributed by atoms with Crippen molar-refractivity contribution in [3.8, 4) is 5.75 Å². The van der Waals surface area contributed by atoms with Gasteiger partial charge in [0.05, 0.1) is 24.5 Å². The van der Waals surface area contributed by atoms with Crippen LogP contribution in [0.5, 0.6) is 5.75 Å². The SMILES string of the molecule is CC(CO)Oc1cccc(CC(=O)N[C@@H](Cc2cccc(C(=O)O)c2)B(O)O)c1. The first-order valence-corrected chi connectivity index (χ1v) is 9.12. The van der Waals surface area contributed by atoms with Crippen LogP contribution in [0.2, 0.25) is 0 Å². The van der Waals surface area contributed by atoms with Crippen molar-refractivity contribution in [2.24, 2.45) is 0 Å². The number of benzene rings is 2. The number of rotatable bonds is 10. The maximum Gasteiger partial charge on any atom is 0.475 e. The van der Waals surface area contributed by atoms with Crippen LogP contribution in [-0.4, -0.2) is 57.9 Å². The van der Waals surface area contributed by atoms with Gasteiger partial charge in [-0.3, -0.25) is 4.79 Å². The van der Waals surface area contributed by atoms with Crippen molar-refractivity contribution in [3.63, 3.8) is 0 Å². The topological polar surface area (TPSA) is 136 Å². The van der Waals surface area contributed by atoms with Gasteiger partial charge in [0.15, 0.2) is 0 Å². The number of carboxylic acid groups (broad SMARTS) is 1. The highest BCUT2D eigenvalue weighted by atomic mass is 16.5. The minimum Gasteiger partial charge on any atom is -0.488 e. The molecule has 0 fully saturated rings. The van der Waals surface area contributed by atoms with Gasteiger partial charge in [0, 0.05) is 0 Å². The van der Waals surface area contributed by atoms with Crippen LogP contribution in [0, 0.1) is 0 Å². The summed E-state index contributed by atoms with van der Waals surface area (Å²) in [6, 6.07) is 12.9. The third-order valence-electron chi connectivity index (χ3n) is 4.19. The molecule has 9 heteroatoms. The van der Waals surface area contributed by atoms with Gasteiger partial charge < -0.3 is 30.3 Å². The number of aliphatic hydroxyl groups is 1. The summed E-state index contributed by atoms with van der Waals surface area (Å²) in [6.07, 6.45) is -0.334. The van der Waals surface area contributed by atoms with Crippen LogP contribution in [0.3, 0.4) is 0 Å². The molecule has 1 unspecified atom stereocenters. The Balaban J connectivity index is 2.02. The fourth-order valence-corrected chi connectivity index (χ4v) is 2.76. The van der Waals surface area contributed by atoms with Crippen LogP contribution in [0.1, 0.15) is 28.4 Å². The van der Waals surface area contributed by atoms with E-state index < -0.39 is 24.9 Å². The van der Waals surface area contributed by atoms with Crippen molar-refractivity contribution in [2.75, 3.05) is 6.61 Å². The Hall–Kier alpha value is -2.88. The number of nitrogens with one attached hydrogen (secondary N) is 1. The molecule has 2 atom stereocenters. The maximum atomic E-state index is 12.4. The van der Waals surface area contributed by atoms with Crippen LogP contribution >= 0.6 is 0 Å². The highest BCUT2D eigenvalue weighted by molar-refractivity contribution is 6.43. The Bertz CT molecular complexity index is 843. The van der Waals surface area contributed by atoms with Crippen LogP contribution in [0.25, 0.3) is 0 Å². The molecular weight excluding hydrogens is 377 g/mol. The smallest absolute Gasteiger partial charge is 0.475 e. The van der Waals surface area contributed by atoms with Gasteiger partial charge in [-0.25, -0.2) is 4.79 Å². The monoisotopic (exact) mass is 401 g/mol. The summed E-state index contributed by atoms with van der Waals surface area (Å²) in [6.45, 7) is 1.58. The Morgan fingerprint density at radius 1 is 1.10 bits per heavy atom. The molecule has 0 bridgehead atoms. The number of carbonyl (C=O) groups excluding carboxylic acids is 1. The first kappa shape index (κ1) is 22.4. The van der Waals surface area contributed by atoms with E-state index in [0.717, 1.165) is 0 Å². The van der Waals surface area contributed by atoms with E-state index in [4.69, 9.17) is 14.9 Å². The summed E-state index contributed by atoms with van der Waals surface area (Å²) in [5.41, 5.74) is 1.29. The third-order valence-corrected chi connectivity index (χ3v) is 4.19. The average Bonchev–Trinajstić information content (AvgIpc) is 2.67. The number of carbonyl (C=O) groups is 2. The predicted octanol–water partition coefficient (Wildman–Crippen LogP) is 0.426. The lowest BCUT2D eigenvalue weighted by molar-refractivity contribution is -0.120. The standard InChI is InChI=1S/C20H24BNO7/c1-13(12-23)29-17-7-3-5-15(9-17)11-19(24)22-18(21(27)28)10-14-4-2-6-16(8-14)20(25)26/h2-9,13,18,23,27-28H,10-12H2,1H3,(H,22,24)(H,25,26)/t13?,18-/m0/s1. The summed E-state index contributed by atoms with van der Waals surface area (Å²) in [7, 11) is -1.81. The molecular formula is C20H24BNO7. The zero-order chi connectivity index (χ0) is 21.4. The Morgan fingerprint density at radius 3 is 2.45 bits per heavy atom. The number of aliphatic hydroxyl groups excluding tert-OH is 1. The number of carboxylic acids is 1.